The molecule has 0 fully saturated rings. The molecule has 1 heterocycles. The maximum Gasteiger partial charge on any atom is 0.344 e. The second kappa shape index (κ2) is 8.06. The maximum absolute atomic E-state index is 12.8. The quantitative estimate of drug-likeness (QED) is 0.566. The number of carbonyl (C=O) groups excluding carboxylic acids is 1. The van der Waals surface area contributed by atoms with Crippen LogP contribution in [0.25, 0.3) is 17.2 Å². The minimum Gasteiger partial charge on any atom is -0.507 e. The molecule has 31 heavy (non-hydrogen) atoms. The van der Waals surface area contributed by atoms with Crippen molar-refractivity contribution in [2.45, 2.75) is 4.90 Å². The van der Waals surface area contributed by atoms with Gasteiger partial charge in [0, 0.05) is 22.4 Å². The van der Waals surface area contributed by atoms with Crippen molar-refractivity contribution in [1.82, 2.24) is 0 Å². The van der Waals surface area contributed by atoms with Gasteiger partial charge in [-0.05, 0) is 47.5 Å². The molecule has 3 aromatic carbocycles. The lowest BCUT2D eigenvalue weighted by Crippen LogP contribution is -1.98. The van der Waals surface area contributed by atoms with Crippen LogP contribution in [0.3, 0.4) is 0 Å². The van der Waals surface area contributed by atoms with Crippen LogP contribution in [0.5, 0.6) is 5.75 Å². The van der Waals surface area contributed by atoms with Crippen LogP contribution < -0.4 is 0 Å². The molecule has 156 valence electrons. The monoisotopic (exact) mass is 452 g/mol. The number of sulfone groups is 1. The molecule has 0 saturated heterocycles. The smallest absolute Gasteiger partial charge is 0.344 e. The first-order valence-electron chi connectivity index (χ1n) is 9.27. The Bertz CT molecular complexity index is 1340. The van der Waals surface area contributed by atoms with Gasteiger partial charge in [-0.1, -0.05) is 54.1 Å². The Morgan fingerprint density at radius 2 is 1.55 bits per heavy atom. The van der Waals surface area contributed by atoms with E-state index < -0.39 is 15.8 Å². The number of hydrogen-bond acceptors (Lipinski definition) is 5. The third kappa shape index (κ3) is 4.26. The normalized spacial score (nSPS) is 15.4. The molecule has 0 aliphatic carbocycles. The molecule has 0 radical (unpaired) electrons. The zero-order valence-corrected chi connectivity index (χ0v) is 17.9. The van der Waals surface area contributed by atoms with E-state index >= 15 is 0 Å². The first-order valence-corrected chi connectivity index (χ1v) is 11.5. The number of benzene rings is 3. The molecule has 0 bridgehead atoms. The van der Waals surface area contributed by atoms with Crippen molar-refractivity contribution in [1.29, 1.82) is 0 Å². The van der Waals surface area contributed by atoms with Crippen molar-refractivity contribution < 1.29 is 23.1 Å². The molecule has 0 saturated carbocycles. The third-order valence-electron chi connectivity index (χ3n) is 4.81. The molecule has 0 amide bonds. The van der Waals surface area contributed by atoms with Gasteiger partial charge in [-0.3, -0.25) is 0 Å². The fourth-order valence-corrected chi connectivity index (χ4v) is 4.14. The number of carbonyl (C=O) groups is 1. The van der Waals surface area contributed by atoms with Crippen LogP contribution in [0.15, 0.2) is 83.5 Å². The molecule has 7 heteroatoms. The summed E-state index contributed by atoms with van der Waals surface area (Å²) in [6.45, 7) is 0. The van der Waals surface area contributed by atoms with E-state index in [1.807, 2.05) is 18.2 Å². The van der Waals surface area contributed by atoms with Crippen LogP contribution in [0.1, 0.15) is 16.7 Å². The van der Waals surface area contributed by atoms with Crippen molar-refractivity contribution >= 4 is 44.6 Å². The molecular formula is C24H17ClO5S. The van der Waals surface area contributed by atoms with Gasteiger partial charge in [0.2, 0.25) is 0 Å². The summed E-state index contributed by atoms with van der Waals surface area (Å²) in [4.78, 5) is 13.0. The van der Waals surface area contributed by atoms with Gasteiger partial charge in [0.1, 0.15) is 11.5 Å². The molecule has 1 N–H and O–H groups in total. The summed E-state index contributed by atoms with van der Waals surface area (Å²) in [6, 6.07) is 19.8. The lowest BCUT2D eigenvalue weighted by Gasteiger charge is -2.08. The van der Waals surface area contributed by atoms with Crippen molar-refractivity contribution in [2.24, 2.45) is 0 Å². The van der Waals surface area contributed by atoms with E-state index in [1.54, 1.807) is 36.4 Å². The Hall–Kier alpha value is -3.35. The SMILES string of the molecule is CS(=O)(=O)c1ccc(C2=C(c3ccccc3)C(=O)O/C2=C\c2cc(Cl)ccc2O)cc1. The van der Waals surface area contributed by atoms with Crippen LogP contribution in [-0.2, 0) is 19.4 Å². The first-order chi connectivity index (χ1) is 14.7. The molecule has 0 aromatic heterocycles. The number of aromatic hydroxyl groups is 1. The van der Waals surface area contributed by atoms with E-state index in [1.165, 1.54) is 24.3 Å². The van der Waals surface area contributed by atoms with E-state index in [4.69, 9.17) is 16.3 Å². The molecule has 3 aromatic rings. The number of cyclic esters (lactones) is 1. The van der Waals surface area contributed by atoms with Crippen molar-refractivity contribution in [2.75, 3.05) is 6.26 Å². The molecular weight excluding hydrogens is 436 g/mol. The number of rotatable bonds is 4. The van der Waals surface area contributed by atoms with Crippen molar-refractivity contribution in [3.8, 4) is 5.75 Å². The Kier molecular flexibility index (Phi) is 5.43. The lowest BCUT2D eigenvalue weighted by molar-refractivity contribution is -0.131. The first kappa shape index (κ1) is 20.9. The zero-order chi connectivity index (χ0) is 22.2. The molecule has 1 aliphatic rings. The van der Waals surface area contributed by atoms with Gasteiger partial charge in [0.15, 0.2) is 9.84 Å². The highest BCUT2D eigenvalue weighted by molar-refractivity contribution is 7.90. The summed E-state index contributed by atoms with van der Waals surface area (Å²) in [5.41, 5.74) is 2.49. The number of halogens is 1. The summed E-state index contributed by atoms with van der Waals surface area (Å²) in [5, 5.41) is 10.6. The second-order valence-electron chi connectivity index (χ2n) is 7.01. The Labute approximate surface area is 184 Å². The average Bonchev–Trinajstić information content (AvgIpc) is 3.06. The van der Waals surface area contributed by atoms with E-state index in [0.29, 0.717) is 32.9 Å². The van der Waals surface area contributed by atoms with Crippen LogP contribution in [0.4, 0.5) is 0 Å². The number of phenols is 1. The molecule has 1 aliphatic heterocycles. The van der Waals surface area contributed by atoms with Gasteiger partial charge >= 0.3 is 5.97 Å². The van der Waals surface area contributed by atoms with E-state index in [2.05, 4.69) is 0 Å². The molecule has 0 unspecified atom stereocenters. The Morgan fingerprint density at radius 3 is 2.19 bits per heavy atom. The summed E-state index contributed by atoms with van der Waals surface area (Å²) in [5.74, 6) is -0.331. The average molecular weight is 453 g/mol. The largest absolute Gasteiger partial charge is 0.507 e. The highest BCUT2D eigenvalue weighted by atomic mass is 35.5. The minimum atomic E-state index is -3.37. The van der Waals surface area contributed by atoms with Gasteiger partial charge in [-0.25, -0.2) is 13.2 Å². The standard InChI is InChI=1S/C24H17ClO5S/c1-31(28,29)19-10-7-16(8-11-19)22-21(14-17-13-18(25)9-12-20(17)26)30-24(27)23(22)15-5-3-2-4-6-15/h2-14,26H,1H3/b21-14-. The molecule has 0 atom stereocenters. The fourth-order valence-electron chi connectivity index (χ4n) is 3.33. The summed E-state index contributed by atoms with van der Waals surface area (Å²) in [7, 11) is -3.37. The maximum atomic E-state index is 12.8. The number of esters is 1. The highest BCUT2D eigenvalue weighted by Crippen LogP contribution is 2.41. The predicted octanol–water partition coefficient (Wildman–Crippen LogP) is 4.96. The molecule has 0 spiro atoms. The summed E-state index contributed by atoms with van der Waals surface area (Å²) >= 11 is 6.05. The number of allylic oxidation sites excluding steroid dienone is 1. The van der Waals surface area contributed by atoms with Crippen molar-refractivity contribution in [3.63, 3.8) is 0 Å². The topological polar surface area (TPSA) is 80.7 Å². The van der Waals surface area contributed by atoms with Crippen LogP contribution in [0.2, 0.25) is 5.02 Å². The van der Waals surface area contributed by atoms with Gasteiger partial charge in [0.25, 0.3) is 0 Å². The van der Waals surface area contributed by atoms with E-state index in [0.717, 1.165) is 6.26 Å². The Balaban J connectivity index is 1.94. The van der Waals surface area contributed by atoms with E-state index in [-0.39, 0.29) is 16.4 Å². The highest BCUT2D eigenvalue weighted by Gasteiger charge is 2.32. The second-order valence-corrected chi connectivity index (χ2v) is 9.47. The number of hydrogen-bond donors (Lipinski definition) is 1. The summed E-state index contributed by atoms with van der Waals surface area (Å²) < 4.78 is 29.2. The van der Waals surface area contributed by atoms with Crippen molar-refractivity contribution in [3.05, 3.63) is 100 Å². The van der Waals surface area contributed by atoms with Crippen LogP contribution >= 0.6 is 11.6 Å². The van der Waals surface area contributed by atoms with Gasteiger partial charge in [0.05, 0.1) is 10.5 Å². The predicted molar refractivity (Wildman–Crippen MR) is 120 cm³/mol. The summed E-state index contributed by atoms with van der Waals surface area (Å²) in [6.07, 6.45) is 2.67. The fraction of sp³-hybridized carbons (Fsp3) is 0.0417. The molecule has 5 nitrogen and oxygen atoms in total. The minimum absolute atomic E-state index is 0.0205. The van der Waals surface area contributed by atoms with Crippen LogP contribution in [0, 0.1) is 0 Å². The lowest BCUT2D eigenvalue weighted by atomic mass is 9.94. The number of phenolic OH excluding ortho intramolecular Hbond substituents is 1. The zero-order valence-electron chi connectivity index (χ0n) is 16.4. The van der Waals surface area contributed by atoms with Gasteiger partial charge in [-0.2, -0.15) is 0 Å². The molecule has 4 rings (SSSR count). The van der Waals surface area contributed by atoms with E-state index in [9.17, 15) is 18.3 Å². The van der Waals surface area contributed by atoms with Crippen LogP contribution in [-0.4, -0.2) is 25.7 Å². The van der Waals surface area contributed by atoms with Gasteiger partial charge in [-0.15, -0.1) is 0 Å². The number of ether oxygens (including phenoxy) is 1. The Morgan fingerprint density at radius 1 is 0.903 bits per heavy atom. The third-order valence-corrected chi connectivity index (χ3v) is 6.18. The van der Waals surface area contributed by atoms with Gasteiger partial charge < -0.3 is 9.84 Å².